The zero-order chi connectivity index (χ0) is 58.5. The van der Waals surface area contributed by atoms with E-state index in [1.54, 1.807) is 30.3 Å². The summed E-state index contributed by atoms with van der Waals surface area (Å²) in [6.45, 7) is 19.3. The van der Waals surface area contributed by atoms with Crippen molar-refractivity contribution in [2.75, 3.05) is 25.1 Å². The maximum Gasteiger partial charge on any atom is 0.472 e. The van der Waals surface area contributed by atoms with Crippen LogP contribution in [0.5, 0.6) is 0 Å². The first-order chi connectivity index (χ1) is 37.5. The van der Waals surface area contributed by atoms with Gasteiger partial charge in [0, 0.05) is 11.8 Å². The van der Waals surface area contributed by atoms with E-state index in [-0.39, 0.29) is 57.8 Å². The quantitative estimate of drug-likeness (QED) is 0.0383. The summed E-state index contributed by atoms with van der Waals surface area (Å²) in [5.74, 6) is -1.32. The normalized spacial score (nSPS) is 27.4. The van der Waals surface area contributed by atoms with Crippen LogP contribution in [-0.4, -0.2) is 132 Å². The lowest BCUT2D eigenvalue weighted by Gasteiger charge is -2.47. The monoisotopic (exact) mass is 1220 g/mol. The van der Waals surface area contributed by atoms with Gasteiger partial charge in [-0.25, -0.2) is 28.9 Å². The summed E-state index contributed by atoms with van der Waals surface area (Å²) >= 11 is 6.29. The number of anilines is 1. The van der Waals surface area contributed by atoms with E-state index < -0.39 is 130 Å². The van der Waals surface area contributed by atoms with Crippen molar-refractivity contribution in [2.45, 2.75) is 172 Å². The largest absolute Gasteiger partial charge is 0.472 e. The molecule has 0 aliphatic carbocycles. The molecule has 3 aliphatic heterocycles. The number of nitriles is 1. The Morgan fingerprint density at radius 3 is 2.21 bits per heavy atom. The number of carbonyl (C=O) groups excluding carboxylic acids is 1. The van der Waals surface area contributed by atoms with E-state index in [1.165, 1.54) is 21.8 Å². The van der Waals surface area contributed by atoms with Crippen molar-refractivity contribution in [3.05, 3.63) is 77.2 Å². The first-order valence-electron chi connectivity index (χ1n) is 26.4. The number of ether oxygens (including phenoxy) is 2. The minimum absolute atomic E-state index is 0.0896. The van der Waals surface area contributed by atoms with E-state index in [1.807, 2.05) is 95.3 Å². The van der Waals surface area contributed by atoms with Crippen LogP contribution in [-0.2, 0) is 61.4 Å². The van der Waals surface area contributed by atoms with Gasteiger partial charge in [0.25, 0.3) is 11.5 Å². The van der Waals surface area contributed by atoms with E-state index in [9.17, 15) is 29.1 Å². The smallest absolute Gasteiger partial charge is 0.414 e. The minimum atomic E-state index is -5.30. The summed E-state index contributed by atoms with van der Waals surface area (Å²) in [6, 6.07) is 10.6. The van der Waals surface area contributed by atoms with Crippen LogP contribution < -0.4 is 10.9 Å². The summed E-state index contributed by atoms with van der Waals surface area (Å²) < 4.78 is 101. The van der Waals surface area contributed by atoms with Gasteiger partial charge in [0.15, 0.2) is 49.2 Å². The number of halogens is 1. The zero-order valence-electron chi connectivity index (χ0n) is 47.0. The highest BCUT2D eigenvalue weighted by atomic mass is 32.5. The third kappa shape index (κ3) is 12.5. The molecule has 3 saturated heterocycles. The summed E-state index contributed by atoms with van der Waals surface area (Å²) in [5, 5.41) is 11.7. The average Bonchev–Trinajstić information content (AvgIpc) is 4.35. The minimum Gasteiger partial charge on any atom is -0.414 e. The van der Waals surface area contributed by atoms with E-state index in [0.29, 0.717) is 5.56 Å². The van der Waals surface area contributed by atoms with E-state index in [2.05, 4.69) is 30.2 Å². The maximum atomic E-state index is 16.1. The first kappa shape index (κ1) is 62.2. The molecule has 1 aromatic carbocycles. The Hall–Kier alpha value is -3.87. The Morgan fingerprint density at radius 2 is 1.57 bits per heavy atom. The second-order valence-electron chi connectivity index (χ2n) is 22.8. The molecule has 7 heterocycles. The van der Waals surface area contributed by atoms with Crippen LogP contribution in [0.3, 0.4) is 0 Å². The van der Waals surface area contributed by atoms with Gasteiger partial charge in [0.1, 0.15) is 48.3 Å². The van der Waals surface area contributed by atoms with Gasteiger partial charge in [-0.05, 0) is 64.2 Å². The molecule has 10 atom stereocenters. The number of hydrogen-bond acceptors (Lipinski definition) is 20. The predicted molar refractivity (Wildman–Crippen MR) is 302 cm³/mol. The molecule has 0 saturated carbocycles. The molecule has 4 N–H and O–H groups in total. The molecule has 31 heteroatoms. The van der Waals surface area contributed by atoms with Crippen LogP contribution in [0.25, 0.3) is 22.2 Å². The number of rotatable bonds is 17. The van der Waals surface area contributed by atoms with Gasteiger partial charge >= 0.3 is 31.7 Å². The molecular weight excluding hydrogens is 1150 g/mol. The Bertz CT molecular complexity index is 3220. The lowest BCUT2D eigenvalue weighted by Crippen LogP contribution is -2.62. The number of phosphoric acid groups is 1. The molecule has 3 fully saturated rings. The average molecular weight is 1220 g/mol. The number of nitrogens with one attached hydrogen (secondary N) is 2. The number of H-pyrrole nitrogens is 1. The number of benzene rings is 1. The summed E-state index contributed by atoms with van der Waals surface area (Å²) in [4.78, 5) is 71.3. The molecule has 80 heavy (non-hydrogen) atoms. The molecular formula is C49H72FN9O15P2SSi3. The van der Waals surface area contributed by atoms with Crippen molar-refractivity contribution in [3.63, 3.8) is 0 Å². The molecule has 2 unspecified atom stereocenters. The standard InChI is InChI=1S/C49H72FN9O15P2SSi3/c1-28(2)79(64,29(3)4)74-80(30(5)6,31(7)8)73-39-35-23-66-75(62,63)70-38-34(24-67-76(77,65-21-17-20-51)71-40(39)47(69-35)58-22-33(50)36-43(58)53-26-55-46(36)61)68-48(41(38)72-78(12,13)49(9,10)11)59-27-56-37-42(52-25-54-44(37)59)57-45(60)32-18-15-14-16-19-32/h14-16,18-19,22,25-31,34-35,38-41,47-48,64H,17,21,23-24H2,1-13H3,(H,62,63)(H,53,55,61)(H,52,54,57,60)/t34-,35-,38-,39-,40-,41-,47-,48-,76?/m1/s1. The maximum absolute atomic E-state index is 16.1. The number of hydrogen-bond donors (Lipinski definition) is 4. The number of imidazole rings is 1. The fraction of sp³-hybridized carbons (Fsp3) is 0.612. The van der Waals surface area contributed by atoms with Crippen LogP contribution in [0.2, 0.25) is 40.3 Å². The number of phosphoric ester groups is 1. The van der Waals surface area contributed by atoms with Gasteiger partial charge in [-0.1, -0.05) is 94.4 Å². The van der Waals surface area contributed by atoms with Crippen LogP contribution in [0, 0.1) is 17.1 Å². The number of carbonyl (C=O) groups is 1. The number of aromatic amines is 1. The molecule has 438 valence electrons. The van der Waals surface area contributed by atoms with Crippen molar-refractivity contribution in [3.8, 4) is 6.07 Å². The van der Waals surface area contributed by atoms with Gasteiger partial charge in [-0.2, -0.15) is 5.26 Å². The molecule has 0 radical (unpaired) electrons. The molecule has 0 spiro atoms. The van der Waals surface area contributed by atoms with Crippen molar-refractivity contribution in [1.29, 1.82) is 5.26 Å². The highest BCUT2D eigenvalue weighted by Gasteiger charge is 2.61. The van der Waals surface area contributed by atoms with Crippen molar-refractivity contribution >= 4 is 85.7 Å². The highest BCUT2D eigenvalue weighted by molar-refractivity contribution is 8.07. The van der Waals surface area contributed by atoms with Crippen LogP contribution in [0.4, 0.5) is 10.2 Å². The lowest BCUT2D eigenvalue weighted by molar-refractivity contribution is -0.0648. The molecule has 8 rings (SSSR count). The SMILES string of the molecule is CC(C)[Si](O)(O[Si](O[C@H]1[C@H]2OP(=S)(OCCC#N)OC[C@H]3O[C@@H](n4cnc5c(NC(=O)c6ccccc6)ncnc54)[C@H](O[Si](C)(C)C(C)(C)C)[C@@H]3OP(=O)(O)OC[C@H]1O[C@H]2n1cc(F)c2c(=O)[nH]cnc21)(C(C)C)C(C)C)C(C)C. The van der Waals surface area contributed by atoms with E-state index in [4.69, 9.17) is 56.9 Å². The van der Waals surface area contributed by atoms with Crippen molar-refractivity contribution < 1.29 is 68.5 Å². The fourth-order valence-electron chi connectivity index (χ4n) is 9.83. The summed E-state index contributed by atoms with van der Waals surface area (Å²) in [7, 11) is -15.7. The Balaban J connectivity index is 1.27. The van der Waals surface area contributed by atoms with Gasteiger partial charge in [0.05, 0.1) is 45.0 Å². The third-order valence-corrected chi connectivity index (χ3v) is 32.8. The number of amides is 1. The van der Waals surface area contributed by atoms with E-state index in [0.717, 1.165) is 12.5 Å². The number of aromatic nitrogens is 7. The topological polar surface area (TPSA) is 297 Å². The second-order valence-corrected chi connectivity index (χ2v) is 40.6. The third-order valence-electron chi connectivity index (χ3n) is 15.2. The molecule has 3 aliphatic rings. The molecule has 2 bridgehead atoms. The molecule has 24 nitrogen and oxygen atoms in total. The van der Waals surface area contributed by atoms with Crippen LogP contribution in [0.1, 0.15) is 105 Å². The van der Waals surface area contributed by atoms with Gasteiger partial charge < -0.3 is 56.0 Å². The molecule has 1 amide bonds. The zero-order valence-corrected chi connectivity index (χ0v) is 52.6. The fourth-order valence-corrected chi connectivity index (χ4v) is 24.1. The van der Waals surface area contributed by atoms with Crippen LogP contribution in [0.15, 0.2) is 60.3 Å². The van der Waals surface area contributed by atoms with Gasteiger partial charge in [0.2, 0.25) is 0 Å². The van der Waals surface area contributed by atoms with Crippen molar-refractivity contribution in [1.82, 2.24) is 34.1 Å². The van der Waals surface area contributed by atoms with E-state index >= 15 is 4.39 Å². The summed E-state index contributed by atoms with van der Waals surface area (Å²) in [6.07, 6.45) is -6.60. The Labute approximate surface area is 471 Å². The first-order valence-corrected chi connectivity index (χ1v) is 37.4. The molecule has 4 aromatic heterocycles. The highest BCUT2D eigenvalue weighted by Crippen LogP contribution is 2.59. The number of fused-ring (bicyclic) bond motifs is 5. The lowest BCUT2D eigenvalue weighted by atomic mass is 10.1. The number of nitrogens with zero attached hydrogens (tertiary/aromatic N) is 7. The van der Waals surface area contributed by atoms with Gasteiger partial charge in [-0.15, -0.1) is 0 Å². The molecule has 5 aromatic rings. The predicted octanol–water partition coefficient (Wildman–Crippen LogP) is 9.13. The summed E-state index contributed by atoms with van der Waals surface area (Å²) in [5.41, 5.74) is -1.60. The second kappa shape index (κ2) is 24.0. The van der Waals surface area contributed by atoms with Crippen molar-refractivity contribution in [2.24, 2.45) is 0 Å². The van der Waals surface area contributed by atoms with Gasteiger partial charge in [-0.3, -0.25) is 27.7 Å². The Kier molecular flexibility index (Phi) is 18.7. The van der Waals surface area contributed by atoms with Crippen LogP contribution >= 0.6 is 14.5 Å². The Morgan fingerprint density at radius 1 is 0.912 bits per heavy atom.